The van der Waals surface area contributed by atoms with Crippen molar-refractivity contribution in [3.63, 3.8) is 0 Å². The largest absolute Gasteiger partial charge is 0.355 e. The second kappa shape index (κ2) is 10.5. The highest BCUT2D eigenvalue weighted by Crippen LogP contribution is 2.31. The third-order valence-electron chi connectivity index (χ3n) is 7.50. The number of likely N-dealkylation sites (tertiary alicyclic amines) is 1. The Kier molecular flexibility index (Phi) is 7.63. The fourth-order valence-corrected chi connectivity index (χ4v) is 5.73. The fourth-order valence-electron chi connectivity index (χ4n) is 5.73. The number of nitrogens with zero attached hydrogens (tertiary/aromatic N) is 5. The molecule has 4 heterocycles. The van der Waals surface area contributed by atoms with E-state index >= 15 is 0 Å². The van der Waals surface area contributed by atoms with Crippen LogP contribution in [-0.4, -0.2) is 91.0 Å². The lowest BCUT2D eigenvalue weighted by molar-refractivity contribution is 0.0508. The lowest BCUT2D eigenvalue weighted by atomic mass is 9.58. The summed E-state index contributed by atoms with van der Waals surface area (Å²) < 4.78 is 0. The van der Waals surface area contributed by atoms with Crippen LogP contribution in [0.5, 0.6) is 0 Å². The van der Waals surface area contributed by atoms with Crippen LogP contribution in [0, 0.1) is 0 Å². The molecule has 0 aromatic carbocycles. The molecule has 180 valence electrons. The normalized spacial score (nSPS) is 22.5. The molecule has 0 saturated carbocycles. The number of anilines is 2. The summed E-state index contributed by atoms with van der Waals surface area (Å²) in [6.45, 7) is 11.2. The van der Waals surface area contributed by atoms with Crippen molar-refractivity contribution in [2.24, 2.45) is 0 Å². The van der Waals surface area contributed by atoms with Gasteiger partial charge in [0.15, 0.2) is 0 Å². The van der Waals surface area contributed by atoms with Gasteiger partial charge in [0, 0.05) is 49.3 Å². The number of hydrogen-bond acceptors (Lipinski definition) is 6. The van der Waals surface area contributed by atoms with Crippen LogP contribution in [0.25, 0.3) is 0 Å². The van der Waals surface area contributed by atoms with E-state index in [-0.39, 0.29) is 11.2 Å². The van der Waals surface area contributed by atoms with Crippen LogP contribution in [0.15, 0.2) is 42.7 Å². The molecule has 9 heteroatoms. The SMILES string of the molecule is BC1(B)CCN(c2cccc(C(=O)Nc3ccncc3)n2)CC(C)N1C1CCN(C(C)C)CC1. The summed E-state index contributed by atoms with van der Waals surface area (Å²) >= 11 is 0. The zero-order chi connectivity index (χ0) is 24.3. The molecule has 2 saturated heterocycles. The van der Waals surface area contributed by atoms with Crippen LogP contribution < -0.4 is 10.2 Å². The second-order valence-corrected chi connectivity index (χ2v) is 10.7. The summed E-state index contributed by atoms with van der Waals surface area (Å²) in [7, 11) is 4.79. The average Bonchev–Trinajstić information content (AvgIpc) is 2.94. The van der Waals surface area contributed by atoms with Crippen molar-refractivity contribution in [1.29, 1.82) is 0 Å². The first kappa shape index (κ1) is 24.7. The predicted octanol–water partition coefficient (Wildman–Crippen LogP) is 1.42. The summed E-state index contributed by atoms with van der Waals surface area (Å²) in [5, 5.41) is 3.03. The van der Waals surface area contributed by atoms with E-state index in [0.717, 1.165) is 31.0 Å². The minimum absolute atomic E-state index is 0.120. The van der Waals surface area contributed by atoms with Gasteiger partial charge in [-0.2, -0.15) is 0 Å². The minimum atomic E-state index is -0.199. The number of aromatic nitrogens is 2. The molecule has 0 aliphatic carbocycles. The molecule has 1 unspecified atom stereocenters. The van der Waals surface area contributed by atoms with Gasteiger partial charge in [-0.3, -0.25) is 9.78 Å². The van der Waals surface area contributed by atoms with E-state index in [1.807, 2.05) is 12.1 Å². The average molecular weight is 460 g/mol. The molecule has 34 heavy (non-hydrogen) atoms. The number of carbonyl (C=O) groups excluding carboxylic acids is 1. The number of pyridine rings is 2. The Bertz CT molecular complexity index is 965. The molecule has 2 aromatic heterocycles. The first-order valence-corrected chi connectivity index (χ1v) is 12.7. The van der Waals surface area contributed by atoms with Crippen molar-refractivity contribution in [1.82, 2.24) is 19.8 Å². The predicted molar refractivity (Wildman–Crippen MR) is 144 cm³/mol. The Hall–Kier alpha value is -2.38. The summed E-state index contributed by atoms with van der Waals surface area (Å²) in [4.78, 5) is 29.3. The van der Waals surface area contributed by atoms with E-state index in [9.17, 15) is 4.79 Å². The fraction of sp³-hybridized carbons (Fsp3) is 0.560. The van der Waals surface area contributed by atoms with Gasteiger partial charge in [-0.1, -0.05) is 6.07 Å². The molecule has 1 N–H and O–H groups in total. The molecule has 7 nitrogen and oxygen atoms in total. The van der Waals surface area contributed by atoms with Gasteiger partial charge in [0.1, 0.15) is 27.2 Å². The number of carbonyl (C=O) groups is 1. The van der Waals surface area contributed by atoms with E-state index in [1.165, 1.54) is 25.9 Å². The first-order valence-electron chi connectivity index (χ1n) is 12.7. The maximum Gasteiger partial charge on any atom is 0.274 e. The Morgan fingerprint density at radius 1 is 1.12 bits per heavy atom. The Labute approximate surface area is 206 Å². The van der Waals surface area contributed by atoms with Crippen LogP contribution in [0.3, 0.4) is 0 Å². The van der Waals surface area contributed by atoms with Gasteiger partial charge in [0.05, 0.1) is 0 Å². The van der Waals surface area contributed by atoms with Crippen molar-refractivity contribution in [3.8, 4) is 0 Å². The molecule has 2 aliphatic rings. The molecule has 1 amide bonds. The highest BCUT2D eigenvalue weighted by atomic mass is 16.1. The first-order chi connectivity index (χ1) is 16.2. The van der Waals surface area contributed by atoms with Crippen molar-refractivity contribution < 1.29 is 4.79 Å². The molecule has 0 spiro atoms. The molecular weight excluding hydrogens is 422 g/mol. The molecule has 2 aromatic rings. The lowest BCUT2D eigenvalue weighted by Gasteiger charge is -2.49. The molecular formula is C25H38B2N6O. The zero-order valence-corrected chi connectivity index (χ0v) is 21.4. The molecule has 0 radical (unpaired) electrons. The molecule has 2 aliphatic heterocycles. The monoisotopic (exact) mass is 460 g/mol. The van der Waals surface area contributed by atoms with Gasteiger partial charge in [0.25, 0.3) is 5.91 Å². The van der Waals surface area contributed by atoms with E-state index in [2.05, 4.69) is 61.5 Å². The lowest BCUT2D eigenvalue weighted by Crippen LogP contribution is -2.61. The second-order valence-electron chi connectivity index (χ2n) is 10.7. The van der Waals surface area contributed by atoms with Crippen LogP contribution in [0.4, 0.5) is 11.5 Å². The quantitative estimate of drug-likeness (QED) is 0.682. The van der Waals surface area contributed by atoms with Crippen molar-refractivity contribution >= 4 is 33.1 Å². The van der Waals surface area contributed by atoms with E-state index in [4.69, 9.17) is 4.98 Å². The highest BCUT2D eigenvalue weighted by Gasteiger charge is 2.40. The van der Waals surface area contributed by atoms with Gasteiger partial charge >= 0.3 is 0 Å². The maximum atomic E-state index is 12.8. The Morgan fingerprint density at radius 3 is 2.50 bits per heavy atom. The van der Waals surface area contributed by atoms with E-state index in [0.29, 0.717) is 23.8 Å². The summed E-state index contributed by atoms with van der Waals surface area (Å²) in [5.74, 6) is 0.677. The number of hydrogen-bond donors (Lipinski definition) is 1. The number of rotatable bonds is 5. The molecule has 0 bridgehead atoms. The highest BCUT2D eigenvalue weighted by molar-refractivity contribution is 6.40. The molecule has 4 rings (SSSR count). The number of amides is 1. The smallest absolute Gasteiger partial charge is 0.274 e. The minimum Gasteiger partial charge on any atom is -0.355 e. The summed E-state index contributed by atoms with van der Waals surface area (Å²) in [5.41, 5.74) is 1.15. The summed E-state index contributed by atoms with van der Waals surface area (Å²) in [6, 6.07) is 10.9. The van der Waals surface area contributed by atoms with Crippen LogP contribution in [0.1, 0.15) is 50.5 Å². The molecule has 2 fully saturated rings. The van der Waals surface area contributed by atoms with Crippen molar-refractivity contribution in [3.05, 3.63) is 48.4 Å². The van der Waals surface area contributed by atoms with Gasteiger partial charge < -0.3 is 20.0 Å². The van der Waals surface area contributed by atoms with Crippen LogP contribution >= 0.6 is 0 Å². The Balaban J connectivity index is 1.47. The van der Waals surface area contributed by atoms with Crippen LogP contribution in [-0.2, 0) is 0 Å². The summed E-state index contributed by atoms with van der Waals surface area (Å²) in [6.07, 6.45) is 6.86. The van der Waals surface area contributed by atoms with Crippen molar-refractivity contribution in [2.45, 2.75) is 63.5 Å². The topological polar surface area (TPSA) is 64.6 Å². The van der Waals surface area contributed by atoms with Crippen molar-refractivity contribution in [2.75, 3.05) is 36.4 Å². The maximum absolute atomic E-state index is 12.8. The third-order valence-corrected chi connectivity index (χ3v) is 7.50. The van der Waals surface area contributed by atoms with E-state index in [1.54, 1.807) is 30.6 Å². The standard InChI is InChI=1S/C25H38B2N6O/c1-18(2)31-14-9-21(10-15-31)33-19(3)17-32(16-11-25(33,26)27)23-6-4-5-22(30-23)24(34)29-20-7-12-28-13-8-20/h4-8,12-13,18-19,21H,9-11,14-17,26-27H2,1-3H3,(H,28,29,34). The third kappa shape index (κ3) is 5.63. The van der Waals surface area contributed by atoms with Crippen LogP contribution in [0.2, 0.25) is 0 Å². The molecule has 1 atom stereocenters. The zero-order valence-electron chi connectivity index (χ0n) is 21.4. The van der Waals surface area contributed by atoms with Gasteiger partial charge in [-0.25, -0.2) is 4.98 Å². The van der Waals surface area contributed by atoms with Gasteiger partial charge in [0.2, 0.25) is 0 Å². The van der Waals surface area contributed by atoms with E-state index < -0.39 is 0 Å². The van der Waals surface area contributed by atoms with Gasteiger partial charge in [-0.15, -0.1) is 0 Å². The Morgan fingerprint density at radius 2 is 1.82 bits per heavy atom. The van der Waals surface area contributed by atoms with Gasteiger partial charge in [-0.05, 0) is 82.7 Å². The number of piperidine rings is 1. The number of nitrogens with one attached hydrogen (secondary N) is 1.